The molecular weight excluding hydrogens is 446 g/mol. The molecule has 3 saturated carbocycles. The molecule has 0 spiro atoms. The summed E-state index contributed by atoms with van der Waals surface area (Å²) in [6, 6.07) is 7.27. The van der Waals surface area contributed by atoms with Crippen LogP contribution in [0.15, 0.2) is 40.2 Å². The Balaban J connectivity index is 1.58. The smallest absolute Gasteiger partial charge is 0.416 e. The maximum absolute atomic E-state index is 13.2. The predicted molar refractivity (Wildman–Crippen MR) is 121 cm³/mol. The van der Waals surface area contributed by atoms with Gasteiger partial charge in [-0.05, 0) is 66.0 Å². The van der Waals surface area contributed by atoms with Gasteiger partial charge in [-0.3, -0.25) is 4.99 Å². The van der Waals surface area contributed by atoms with E-state index in [1.54, 1.807) is 65.0 Å². The lowest BCUT2D eigenvalue weighted by atomic mass is 9.39. The van der Waals surface area contributed by atoms with Crippen LogP contribution in [0.2, 0.25) is 0 Å². The van der Waals surface area contributed by atoms with E-state index in [9.17, 15) is 18.0 Å². The average molecular weight is 478 g/mol. The maximum Gasteiger partial charge on any atom is 0.416 e. The van der Waals surface area contributed by atoms with Crippen LogP contribution in [-0.4, -0.2) is 61.0 Å². The number of ether oxygens (including phenoxy) is 2. The van der Waals surface area contributed by atoms with Crippen molar-refractivity contribution in [2.24, 2.45) is 10.4 Å². The van der Waals surface area contributed by atoms with Crippen LogP contribution in [0, 0.1) is 5.41 Å². The molecule has 1 atom stereocenters. The first-order chi connectivity index (χ1) is 15.1. The van der Waals surface area contributed by atoms with Crippen molar-refractivity contribution in [2.45, 2.75) is 81.5 Å². The highest BCUT2D eigenvalue weighted by Crippen LogP contribution is 2.69. The molecule has 33 heavy (non-hydrogen) atoms. The zero-order chi connectivity index (χ0) is 24.4. The molecule has 3 fully saturated rings. The number of hydrogen-bond acceptors (Lipinski definition) is 7. The Labute approximate surface area is 194 Å². The van der Waals surface area contributed by atoms with Gasteiger partial charge in [0.15, 0.2) is 6.04 Å². The summed E-state index contributed by atoms with van der Waals surface area (Å²) in [4.78, 5) is 32.2. The third-order valence-corrected chi connectivity index (χ3v) is 8.07. The van der Waals surface area contributed by atoms with E-state index >= 15 is 0 Å². The van der Waals surface area contributed by atoms with Crippen molar-refractivity contribution < 1.29 is 27.5 Å². The molecule has 5 rings (SSSR count). The number of rotatable bonds is 5. The summed E-state index contributed by atoms with van der Waals surface area (Å²) in [6.45, 7) is 8.82. The number of benzene rings is 1. The van der Waals surface area contributed by atoms with Crippen molar-refractivity contribution in [3.05, 3.63) is 30.3 Å². The molecule has 1 aromatic rings. The fourth-order valence-electron chi connectivity index (χ4n) is 5.29. The molecule has 2 bridgehead atoms. The molecule has 0 aromatic heterocycles. The van der Waals surface area contributed by atoms with Gasteiger partial charge in [0.25, 0.3) is 0 Å². The largest absolute Gasteiger partial charge is 0.467 e. The number of methoxy groups -OCH3 is 1. The van der Waals surface area contributed by atoms with Crippen molar-refractivity contribution in [3.8, 4) is 0 Å². The first kappa shape index (κ1) is 23.7. The van der Waals surface area contributed by atoms with Gasteiger partial charge in [-0.25, -0.2) is 27.6 Å². The van der Waals surface area contributed by atoms with Gasteiger partial charge in [-0.1, -0.05) is 18.2 Å². The maximum atomic E-state index is 13.2. The number of nitrogens with zero attached hydrogens (tertiary/aromatic N) is 2. The second kappa shape index (κ2) is 7.27. The van der Waals surface area contributed by atoms with E-state index < -0.39 is 50.2 Å². The van der Waals surface area contributed by atoms with Crippen LogP contribution in [0.4, 0.5) is 4.79 Å². The second-order valence-corrected chi connectivity index (χ2v) is 12.6. The highest BCUT2D eigenvalue weighted by Gasteiger charge is 2.74. The second-order valence-electron chi connectivity index (χ2n) is 10.9. The average Bonchev–Trinajstić information content (AvgIpc) is 2.93. The van der Waals surface area contributed by atoms with Crippen LogP contribution >= 0.6 is 0 Å². The molecule has 1 heterocycles. The Hall–Kier alpha value is -2.46. The Bertz CT molecular complexity index is 1100. The van der Waals surface area contributed by atoms with E-state index in [4.69, 9.17) is 14.5 Å². The monoisotopic (exact) mass is 477 g/mol. The number of esters is 1. The van der Waals surface area contributed by atoms with Crippen LogP contribution in [0.1, 0.15) is 53.9 Å². The standard InChI is InChI=1S/C23H31N3O6S/c1-20(2,3)32-19(28)26-16(17(27)31-6)21(4,5)24-18(26)22-12-23(13-22,14-22)25-33(29,30)15-10-8-7-9-11-15/h7-11,16,25H,12-14H2,1-6H3/t16-,22?,23?/m0/s1. The number of amides is 1. The van der Waals surface area contributed by atoms with E-state index in [-0.39, 0.29) is 4.90 Å². The van der Waals surface area contributed by atoms with Crippen molar-refractivity contribution in [1.29, 1.82) is 0 Å². The molecule has 180 valence electrons. The molecule has 3 aliphatic carbocycles. The lowest BCUT2D eigenvalue weighted by molar-refractivity contribution is -0.147. The van der Waals surface area contributed by atoms with E-state index in [1.165, 1.54) is 12.0 Å². The van der Waals surface area contributed by atoms with Crippen LogP contribution in [0.25, 0.3) is 0 Å². The van der Waals surface area contributed by atoms with Gasteiger partial charge in [0.2, 0.25) is 10.0 Å². The molecule has 0 saturated heterocycles. The SMILES string of the molecule is COC(=O)[C@@H]1N(C(=O)OC(C)(C)C)C(C23CC(NS(=O)(=O)c4ccccc4)(C2)C3)=NC1(C)C. The van der Waals surface area contributed by atoms with Gasteiger partial charge >= 0.3 is 12.1 Å². The van der Waals surface area contributed by atoms with Crippen LogP contribution < -0.4 is 4.72 Å². The molecular formula is C23H31N3O6S. The number of sulfonamides is 1. The minimum atomic E-state index is -3.67. The molecule has 4 aliphatic rings. The van der Waals surface area contributed by atoms with E-state index in [2.05, 4.69) is 4.72 Å². The van der Waals surface area contributed by atoms with Gasteiger partial charge in [0, 0.05) is 11.0 Å². The van der Waals surface area contributed by atoms with Crippen LogP contribution in [0.5, 0.6) is 0 Å². The van der Waals surface area contributed by atoms with E-state index in [1.807, 2.05) is 0 Å². The molecule has 0 unspecified atom stereocenters. The zero-order valence-corrected chi connectivity index (χ0v) is 20.7. The topological polar surface area (TPSA) is 114 Å². The van der Waals surface area contributed by atoms with Crippen molar-refractivity contribution in [2.75, 3.05) is 7.11 Å². The number of carbonyl (C=O) groups excluding carboxylic acids is 2. The number of carbonyl (C=O) groups is 2. The fraction of sp³-hybridized carbons (Fsp3) is 0.609. The third-order valence-electron chi connectivity index (χ3n) is 6.47. The first-order valence-electron chi connectivity index (χ1n) is 10.9. The lowest BCUT2D eigenvalue weighted by Gasteiger charge is -2.70. The molecule has 10 heteroatoms. The van der Waals surface area contributed by atoms with Gasteiger partial charge in [-0.15, -0.1) is 0 Å². The Kier molecular flexibility index (Phi) is 5.22. The lowest BCUT2D eigenvalue weighted by Crippen LogP contribution is -2.78. The quantitative estimate of drug-likeness (QED) is 0.652. The molecule has 9 nitrogen and oxygen atoms in total. The predicted octanol–water partition coefficient (Wildman–Crippen LogP) is 2.86. The highest BCUT2D eigenvalue weighted by molar-refractivity contribution is 7.89. The van der Waals surface area contributed by atoms with Gasteiger partial charge < -0.3 is 9.47 Å². The minimum absolute atomic E-state index is 0.212. The minimum Gasteiger partial charge on any atom is -0.467 e. The highest BCUT2D eigenvalue weighted by atomic mass is 32.2. The molecule has 1 N–H and O–H groups in total. The summed E-state index contributed by atoms with van der Waals surface area (Å²) < 4.78 is 39.1. The molecule has 0 radical (unpaired) electrons. The summed E-state index contributed by atoms with van der Waals surface area (Å²) >= 11 is 0. The number of aliphatic imine (C=N–C) groups is 1. The Morgan fingerprint density at radius 2 is 1.70 bits per heavy atom. The van der Waals surface area contributed by atoms with Gasteiger partial charge in [0.1, 0.15) is 11.4 Å². The summed E-state index contributed by atoms with van der Waals surface area (Å²) in [6.07, 6.45) is 0.821. The third kappa shape index (κ3) is 3.93. The fourth-order valence-corrected chi connectivity index (χ4v) is 6.71. The summed E-state index contributed by atoms with van der Waals surface area (Å²) in [5, 5.41) is 0. The molecule has 1 amide bonds. The summed E-state index contributed by atoms with van der Waals surface area (Å²) in [5.41, 5.74) is -2.74. The number of hydrogen-bond donors (Lipinski definition) is 1. The first-order valence-corrected chi connectivity index (χ1v) is 12.4. The number of amidine groups is 1. The van der Waals surface area contributed by atoms with Gasteiger partial charge in [-0.2, -0.15) is 0 Å². The van der Waals surface area contributed by atoms with E-state index in [0.29, 0.717) is 25.1 Å². The summed E-state index contributed by atoms with van der Waals surface area (Å²) in [7, 11) is -2.39. The Morgan fingerprint density at radius 1 is 1.12 bits per heavy atom. The zero-order valence-electron chi connectivity index (χ0n) is 19.8. The van der Waals surface area contributed by atoms with Crippen molar-refractivity contribution in [1.82, 2.24) is 9.62 Å². The molecule has 1 aliphatic heterocycles. The number of nitrogens with one attached hydrogen (secondary N) is 1. The van der Waals surface area contributed by atoms with E-state index in [0.717, 1.165) is 0 Å². The van der Waals surface area contributed by atoms with Crippen molar-refractivity contribution >= 4 is 27.9 Å². The van der Waals surface area contributed by atoms with Crippen molar-refractivity contribution in [3.63, 3.8) is 0 Å². The van der Waals surface area contributed by atoms with Crippen LogP contribution in [0.3, 0.4) is 0 Å². The van der Waals surface area contributed by atoms with Gasteiger partial charge in [0.05, 0.1) is 17.5 Å². The Morgan fingerprint density at radius 3 is 2.21 bits per heavy atom. The normalized spacial score (nSPS) is 30.1. The summed E-state index contributed by atoms with van der Waals surface area (Å²) in [5.74, 6) is -0.103. The van der Waals surface area contributed by atoms with Crippen LogP contribution in [-0.2, 0) is 24.3 Å². The molecule has 1 aromatic carbocycles.